The third-order valence-corrected chi connectivity index (χ3v) is 4.08. The molecule has 0 unspecified atom stereocenters. The molecule has 116 valence electrons. The molecule has 0 heterocycles. The Morgan fingerprint density at radius 1 is 1.33 bits per heavy atom. The number of methoxy groups -OCH3 is 1. The number of carbonyl (C=O) groups is 2. The van der Waals surface area contributed by atoms with Gasteiger partial charge in [0.05, 0.1) is 24.1 Å². The number of carboxylic acids is 1. The van der Waals surface area contributed by atoms with Gasteiger partial charge in [-0.1, -0.05) is 6.07 Å². The zero-order valence-corrected chi connectivity index (χ0v) is 12.6. The molecule has 21 heavy (non-hydrogen) atoms. The standard InChI is InChI=1S/C13H17NO6S/c1-9-5-6-10(13(17)20-2)8-11(9)14-21(18,19)7-3-4-12(15)16/h5-6,8,14H,3-4,7H2,1-2H3,(H,15,16). The highest BCUT2D eigenvalue weighted by Gasteiger charge is 2.15. The van der Waals surface area contributed by atoms with Gasteiger partial charge in [-0.25, -0.2) is 13.2 Å². The molecular formula is C13H17NO6S. The monoisotopic (exact) mass is 315 g/mol. The number of hydrogen-bond donors (Lipinski definition) is 2. The molecule has 0 aliphatic rings. The molecule has 0 aromatic heterocycles. The Balaban J connectivity index is 2.86. The largest absolute Gasteiger partial charge is 0.481 e. The Morgan fingerprint density at radius 3 is 2.57 bits per heavy atom. The Bertz CT molecular complexity index is 638. The molecule has 0 saturated heterocycles. The van der Waals surface area contributed by atoms with Gasteiger partial charge in [-0.05, 0) is 31.0 Å². The van der Waals surface area contributed by atoms with Crippen molar-refractivity contribution < 1.29 is 27.9 Å². The lowest BCUT2D eigenvalue weighted by molar-refractivity contribution is -0.137. The maximum Gasteiger partial charge on any atom is 0.337 e. The average Bonchev–Trinajstić information content (AvgIpc) is 2.39. The predicted molar refractivity (Wildman–Crippen MR) is 76.8 cm³/mol. The minimum absolute atomic E-state index is 0.0143. The fourth-order valence-corrected chi connectivity index (χ4v) is 2.79. The third kappa shape index (κ3) is 5.42. The number of ether oxygens (including phenoxy) is 1. The summed E-state index contributed by atoms with van der Waals surface area (Å²) in [4.78, 5) is 21.8. The number of nitrogens with one attached hydrogen (secondary N) is 1. The Morgan fingerprint density at radius 2 is 2.00 bits per heavy atom. The normalized spacial score (nSPS) is 11.0. The second-order valence-corrected chi connectivity index (χ2v) is 6.28. The van der Waals surface area contributed by atoms with Crippen molar-refractivity contribution in [3.05, 3.63) is 29.3 Å². The van der Waals surface area contributed by atoms with Gasteiger partial charge >= 0.3 is 11.9 Å². The predicted octanol–water partition coefficient (Wildman–Crippen LogP) is 1.39. The molecule has 0 aliphatic heterocycles. The minimum atomic E-state index is -3.67. The highest BCUT2D eigenvalue weighted by atomic mass is 32.2. The van der Waals surface area contributed by atoms with Gasteiger partial charge in [0.2, 0.25) is 10.0 Å². The molecule has 0 fully saturated rings. The van der Waals surface area contributed by atoms with Gasteiger partial charge in [-0.2, -0.15) is 0 Å². The average molecular weight is 315 g/mol. The molecule has 2 N–H and O–H groups in total. The number of esters is 1. The first-order valence-corrected chi connectivity index (χ1v) is 7.81. The van der Waals surface area contributed by atoms with Crippen molar-refractivity contribution in [1.82, 2.24) is 0 Å². The van der Waals surface area contributed by atoms with E-state index in [4.69, 9.17) is 5.11 Å². The van der Waals surface area contributed by atoms with Crippen molar-refractivity contribution in [3.63, 3.8) is 0 Å². The number of sulfonamides is 1. The number of rotatable bonds is 7. The van der Waals surface area contributed by atoms with Crippen molar-refractivity contribution in [2.45, 2.75) is 19.8 Å². The summed E-state index contributed by atoms with van der Waals surface area (Å²) >= 11 is 0. The number of aliphatic carboxylic acids is 1. The molecule has 8 heteroatoms. The first-order valence-electron chi connectivity index (χ1n) is 6.16. The zero-order valence-electron chi connectivity index (χ0n) is 11.8. The van der Waals surface area contributed by atoms with E-state index in [2.05, 4.69) is 9.46 Å². The van der Waals surface area contributed by atoms with Crippen LogP contribution in [0, 0.1) is 6.92 Å². The lowest BCUT2D eigenvalue weighted by atomic mass is 10.1. The maximum absolute atomic E-state index is 11.9. The summed E-state index contributed by atoms with van der Waals surface area (Å²) in [5.74, 6) is -1.92. The molecular weight excluding hydrogens is 298 g/mol. The van der Waals surface area contributed by atoms with Gasteiger partial charge < -0.3 is 9.84 Å². The first kappa shape index (κ1) is 17.0. The lowest BCUT2D eigenvalue weighted by Gasteiger charge is -2.11. The van der Waals surface area contributed by atoms with Crippen molar-refractivity contribution in [3.8, 4) is 0 Å². The molecule has 0 radical (unpaired) electrons. The van der Waals surface area contributed by atoms with E-state index in [0.29, 0.717) is 5.56 Å². The van der Waals surface area contributed by atoms with Crippen LogP contribution in [-0.2, 0) is 19.6 Å². The number of carbonyl (C=O) groups excluding carboxylic acids is 1. The molecule has 1 aromatic carbocycles. The summed E-state index contributed by atoms with van der Waals surface area (Å²) < 4.78 is 30.7. The van der Waals surface area contributed by atoms with E-state index in [9.17, 15) is 18.0 Å². The van der Waals surface area contributed by atoms with Crippen LogP contribution < -0.4 is 4.72 Å². The Hall–Kier alpha value is -2.09. The fourth-order valence-electron chi connectivity index (χ4n) is 1.61. The Labute approximate surface area is 123 Å². The summed E-state index contributed by atoms with van der Waals surface area (Å²) in [5.41, 5.74) is 1.14. The SMILES string of the molecule is COC(=O)c1ccc(C)c(NS(=O)(=O)CCCC(=O)O)c1. The summed E-state index contributed by atoms with van der Waals surface area (Å²) in [6.45, 7) is 1.69. The van der Waals surface area contributed by atoms with Crippen LogP contribution in [0.1, 0.15) is 28.8 Å². The van der Waals surface area contributed by atoms with E-state index in [-0.39, 0.29) is 29.8 Å². The van der Waals surface area contributed by atoms with Crippen LogP contribution in [0.5, 0.6) is 0 Å². The van der Waals surface area contributed by atoms with Gasteiger partial charge in [-0.3, -0.25) is 9.52 Å². The van der Waals surface area contributed by atoms with Gasteiger partial charge in [0.15, 0.2) is 0 Å². The summed E-state index contributed by atoms with van der Waals surface area (Å²) in [6, 6.07) is 4.51. The Kier molecular flexibility index (Phi) is 5.71. The van der Waals surface area contributed by atoms with Crippen LogP contribution in [0.25, 0.3) is 0 Å². The number of anilines is 1. The molecule has 0 aliphatic carbocycles. The van der Waals surface area contributed by atoms with E-state index in [1.807, 2.05) is 0 Å². The number of aryl methyl sites for hydroxylation is 1. The molecule has 0 atom stereocenters. The highest BCUT2D eigenvalue weighted by Crippen LogP contribution is 2.19. The maximum atomic E-state index is 11.9. The van der Waals surface area contributed by atoms with Crippen molar-refractivity contribution in [1.29, 1.82) is 0 Å². The van der Waals surface area contributed by atoms with Gasteiger partial charge in [0.1, 0.15) is 0 Å². The van der Waals surface area contributed by atoms with Gasteiger partial charge in [-0.15, -0.1) is 0 Å². The minimum Gasteiger partial charge on any atom is -0.481 e. The second kappa shape index (κ2) is 7.07. The van der Waals surface area contributed by atoms with Crippen molar-refractivity contribution in [2.24, 2.45) is 0 Å². The van der Waals surface area contributed by atoms with E-state index < -0.39 is 22.0 Å². The van der Waals surface area contributed by atoms with Crippen LogP contribution in [0.15, 0.2) is 18.2 Å². The summed E-state index contributed by atoms with van der Waals surface area (Å²) in [6.07, 6.45) is -0.206. The molecule has 0 bridgehead atoms. The van der Waals surface area contributed by atoms with E-state index >= 15 is 0 Å². The van der Waals surface area contributed by atoms with Crippen LogP contribution in [0.2, 0.25) is 0 Å². The van der Waals surface area contributed by atoms with Crippen LogP contribution in [0.3, 0.4) is 0 Å². The number of carboxylic acid groups (broad SMARTS) is 1. The zero-order chi connectivity index (χ0) is 16.0. The molecule has 0 saturated carbocycles. The number of benzene rings is 1. The van der Waals surface area contributed by atoms with Crippen molar-refractivity contribution >= 4 is 27.6 Å². The van der Waals surface area contributed by atoms with E-state index in [1.54, 1.807) is 13.0 Å². The van der Waals surface area contributed by atoms with E-state index in [0.717, 1.165) is 0 Å². The molecule has 0 amide bonds. The van der Waals surface area contributed by atoms with Gasteiger partial charge in [0, 0.05) is 6.42 Å². The smallest absolute Gasteiger partial charge is 0.337 e. The number of hydrogen-bond acceptors (Lipinski definition) is 5. The highest BCUT2D eigenvalue weighted by molar-refractivity contribution is 7.92. The summed E-state index contributed by atoms with van der Waals surface area (Å²) in [7, 11) is -2.43. The quantitative estimate of drug-likeness (QED) is 0.736. The third-order valence-electron chi connectivity index (χ3n) is 2.73. The van der Waals surface area contributed by atoms with Crippen LogP contribution in [-0.4, -0.2) is 38.3 Å². The van der Waals surface area contributed by atoms with E-state index in [1.165, 1.54) is 19.2 Å². The molecule has 0 spiro atoms. The molecule has 1 rings (SSSR count). The topological polar surface area (TPSA) is 110 Å². The lowest BCUT2D eigenvalue weighted by Crippen LogP contribution is -2.18. The second-order valence-electron chi connectivity index (χ2n) is 4.44. The fraction of sp³-hybridized carbons (Fsp3) is 0.385. The first-order chi connectivity index (χ1) is 9.75. The molecule has 7 nitrogen and oxygen atoms in total. The van der Waals surface area contributed by atoms with Crippen molar-refractivity contribution in [2.75, 3.05) is 17.6 Å². The summed E-state index contributed by atoms with van der Waals surface area (Å²) in [5, 5.41) is 8.50. The van der Waals surface area contributed by atoms with Crippen LogP contribution in [0.4, 0.5) is 5.69 Å². The van der Waals surface area contributed by atoms with Crippen LogP contribution >= 0.6 is 0 Å². The molecule has 1 aromatic rings. The van der Waals surface area contributed by atoms with Gasteiger partial charge in [0.25, 0.3) is 0 Å².